The Morgan fingerprint density at radius 1 is 1.24 bits per heavy atom. The molecular formula is C18H26N2O. The molecule has 2 fully saturated rings. The zero-order valence-electron chi connectivity index (χ0n) is 12.7. The number of amides is 1. The summed E-state index contributed by atoms with van der Waals surface area (Å²) in [5.74, 6) is 0.196. The molecule has 0 bridgehead atoms. The zero-order chi connectivity index (χ0) is 14.7. The second kappa shape index (κ2) is 6.18. The van der Waals surface area contributed by atoms with Crippen LogP contribution in [0.1, 0.15) is 62.5 Å². The van der Waals surface area contributed by atoms with Gasteiger partial charge in [-0.1, -0.05) is 43.5 Å². The van der Waals surface area contributed by atoms with Crippen molar-refractivity contribution in [3.8, 4) is 0 Å². The summed E-state index contributed by atoms with van der Waals surface area (Å²) < 4.78 is 0. The number of benzene rings is 1. The lowest BCUT2D eigenvalue weighted by Gasteiger charge is -2.22. The van der Waals surface area contributed by atoms with Crippen LogP contribution in [0.3, 0.4) is 0 Å². The van der Waals surface area contributed by atoms with Gasteiger partial charge >= 0.3 is 0 Å². The normalized spacial score (nSPS) is 21.0. The Balaban J connectivity index is 1.49. The van der Waals surface area contributed by atoms with Gasteiger partial charge in [-0.2, -0.15) is 0 Å². The highest BCUT2D eigenvalue weighted by molar-refractivity contribution is 5.76. The van der Waals surface area contributed by atoms with Crippen LogP contribution in [-0.4, -0.2) is 11.9 Å². The van der Waals surface area contributed by atoms with Gasteiger partial charge in [0.05, 0.1) is 0 Å². The molecule has 2 saturated carbocycles. The van der Waals surface area contributed by atoms with Gasteiger partial charge in [0, 0.05) is 18.0 Å². The molecule has 1 aromatic rings. The first-order valence-corrected chi connectivity index (χ1v) is 8.33. The molecule has 0 aromatic heterocycles. The first kappa shape index (κ1) is 14.6. The molecule has 0 spiro atoms. The van der Waals surface area contributed by atoms with Gasteiger partial charge in [-0.15, -0.1) is 0 Å². The molecule has 3 N–H and O–H groups in total. The van der Waals surface area contributed by atoms with Gasteiger partial charge in [-0.05, 0) is 43.2 Å². The number of nitrogens with one attached hydrogen (secondary N) is 1. The molecule has 0 saturated heterocycles. The molecule has 3 rings (SSSR count). The van der Waals surface area contributed by atoms with Crippen molar-refractivity contribution in [1.29, 1.82) is 0 Å². The molecule has 0 atom stereocenters. The van der Waals surface area contributed by atoms with E-state index >= 15 is 0 Å². The third-order valence-electron chi connectivity index (χ3n) is 4.90. The first-order valence-electron chi connectivity index (χ1n) is 8.33. The van der Waals surface area contributed by atoms with Crippen LogP contribution in [0.2, 0.25) is 0 Å². The standard InChI is InChI=1S/C18H26N2O/c19-18(11-12-18)15-6-4-5-14(13-15)9-10-17(21)20-16-7-2-1-3-8-16/h4-6,13,16H,1-3,7-12,19H2,(H,20,21). The van der Waals surface area contributed by atoms with Gasteiger partial charge in [0.2, 0.25) is 5.91 Å². The minimum absolute atomic E-state index is 0.0830. The van der Waals surface area contributed by atoms with Crippen molar-refractivity contribution in [3.05, 3.63) is 35.4 Å². The Kier molecular flexibility index (Phi) is 4.29. The van der Waals surface area contributed by atoms with Gasteiger partial charge < -0.3 is 11.1 Å². The van der Waals surface area contributed by atoms with Crippen LogP contribution in [0.4, 0.5) is 0 Å². The van der Waals surface area contributed by atoms with Crippen molar-refractivity contribution >= 4 is 5.91 Å². The SMILES string of the molecule is NC1(c2cccc(CCC(=O)NC3CCCCC3)c2)CC1. The summed E-state index contributed by atoms with van der Waals surface area (Å²) in [6.07, 6.45) is 9.68. The number of rotatable bonds is 5. The molecule has 1 amide bonds. The van der Waals surface area contributed by atoms with Crippen LogP contribution >= 0.6 is 0 Å². The maximum atomic E-state index is 12.0. The summed E-state index contributed by atoms with van der Waals surface area (Å²) in [5, 5.41) is 3.18. The van der Waals surface area contributed by atoms with E-state index < -0.39 is 0 Å². The number of carbonyl (C=O) groups is 1. The predicted octanol–water partition coefficient (Wildman–Crippen LogP) is 3.02. The van der Waals surface area contributed by atoms with E-state index in [0.29, 0.717) is 12.5 Å². The number of carbonyl (C=O) groups excluding carboxylic acids is 1. The maximum Gasteiger partial charge on any atom is 0.220 e. The Hall–Kier alpha value is -1.35. The van der Waals surface area contributed by atoms with Crippen molar-refractivity contribution in [2.45, 2.75) is 69.4 Å². The summed E-state index contributed by atoms with van der Waals surface area (Å²) in [6, 6.07) is 8.87. The smallest absolute Gasteiger partial charge is 0.220 e. The second-order valence-electron chi connectivity index (χ2n) is 6.76. The van der Waals surface area contributed by atoms with E-state index in [1.54, 1.807) is 0 Å². The Labute approximate surface area is 127 Å². The highest BCUT2D eigenvalue weighted by Crippen LogP contribution is 2.42. The highest BCUT2D eigenvalue weighted by atomic mass is 16.1. The summed E-state index contributed by atoms with van der Waals surface area (Å²) in [5.41, 5.74) is 8.61. The number of nitrogens with two attached hydrogens (primary N) is 1. The lowest BCUT2D eigenvalue weighted by Crippen LogP contribution is -2.36. The number of hydrogen-bond donors (Lipinski definition) is 2. The molecule has 0 aliphatic heterocycles. The molecular weight excluding hydrogens is 260 g/mol. The minimum atomic E-state index is -0.0830. The van der Waals surface area contributed by atoms with Crippen LogP contribution in [0.5, 0.6) is 0 Å². The summed E-state index contributed by atoms with van der Waals surface area (Å²) >= 11 is 0. The van der Waals surface area contributed by atoms with Crippen molar-refractivity contribution in [3.63, 3.8) is 0 Å². The van der Waals surface area contributed by atoms with E-state index in [9.17, 15) is 4.79 Å². The van der Waals surface area contributed by atoms with Crippen LogP contribution in [0, 0.1) is 0 Å². The Morgan fingerprint density at radius 3 is 2.71 bits per heavy atom. The number of aryl methyl sites for hydroxylation is 1. The first-order chi connectivity index (χ1) is 10.2. The fourth-order valence-corrected chi connectivity index (χ4v) is 3.26. The van der Waals surface area contributed by atoms with Crippen LogP contribution < -0.4 is 11.1 Å². The molecule has 0 heterocycles. The lowest BCUT2D eigenvalue weighted by molar-refractivity contribution is -0.121. The highest BCUT2D eigenvalue weighted by Gasteiger charge is 2.39. The second-order valence-corrected chi connectivity index (χ2v) is 6.76. The van der Waals surface area contributed by atoms with E-state index in [-0.39, 0.29) is 11.4 Å². The predicted molar refractivity (Wildman–Crippen MR) is 84.9 cm³/mol. The van der Waals surface area contributed by atoms with E-state index in [0.717, 1.165) is 32.1 Å². The molecule has 3 nitrogen and oxygen atoms in total. The van der Waals surface area contributed by atoms with Gasteiger partial charge in [0.1, 0.15) is 0 Å². The third kappa shape index (κ3) is 3.85. The fourth-order valence-electron chi connectivity index (χ4n) is 3.26. The van der Waals surface area contributed by atoms with Crippen molar-refractivity contribution in [2.75, 3.05) is 0 Å². The maximum absolute atomic E-state index is 12.0. The van der Waals surface area contributed by atoms with Crippen LogP contribution in [0.15, 0.2) is 24.3 Å². The fraction of sp³-hybridized carbons (Fsp3) is 0.611. The quantitative estimate of drug-likeness (QED) is 0.874. The van der Waals surface area contributed by atoms with Crippen molar-refractivity contribution in [2.24, 2.45) is 5.73 Å². The number of hydrogen-bond acceptors (Lipinski definition) is 2. The average molecular weight is 286 g/mol. The molecule has 1 aromatic carbocycles. The molecule has 2 aliphatic rings. The summed E-state index contributed by atoms with van der Waals surface area (Å²) in [4.78, 5) is 12.0. The zero-order valence-corrected chi connectivity index (χ0v) is 12.7. The van der Waals surface area contributed by atoms with Crippen LogP contribution in [-0.2, 0) is 16.8 Å². The molecule has 114 valence electrons. The van der Waals surface area contributed by atoms with Gasteiger partial charge in [0.15, 0.2) is 0 Å². The van der Waals surface area contributed by atoms with E-state index in [1.807, 2.05) is 0 Å². The monoisotopic (exact) mass is 286 g/mol. The Morgan fingerprint density at radius 2 is 2.00 bits per heavy atom. The molecule has 0 unspecified atom stereocenters. The van der Waals surface area contributed by atoms with Gasteiger partial charge in [0.25, 0.3) is 0 Å². The molecule has 2 aliphatic carbocycles. The van der Waals surface area contributed by atoms with Gasteiger partial charge in [-0.25, -0.2) is 0 Å². The van der Waals surface area contributed by atoms with Crippen LogP contribution in [0.25, 0.3) is 0 Å². The van der Waals surface area contributed by atoms with Crippen molar-refractivity contribution < 1.29 is 4.79 Å². The van der Waals surface area contributed by atoms with E-state index in [2.05, 4.69) is 29.6 Å². The van der Waals surface area contributed by atoms with Gasteiger partial charge in [-0.3, -0.25) is 4.79 Å². The lowest BCUT2D eigenvalue weighted by atomic mass is 9.95. The topological polar surface area (TPSA) is 55.1 Å². The molecule has 3 heteroatoms. The Bertz CT molecular complexity index is 502. The molecule has 21 heavy (non-hydrogen) atoms. The minimum Gasteiger partial charge on any atom is -0.353 e. The third-order valence-corrected chi connectivity index (χ3v) is 4.90. The average Bonchev–Trinajstić information content (AvgIpc) is 3.26. The van der Waals surface area contributed by atoms with E-state index in [1.165, 1.54) is 30.4 Å². The molecule has 0 radical (unpaired) electrons. The van der Waals surface area contributed by atoms with E-state index in [4.69, 9.17) is 5.73 Å². The summed E-state index contributed by atoms with van der Waals surface area (Å²) in [7, 11) is 0. The largest absolute Gasteiger partial charge is 0.353 e. The summed E-state index contributed by atoms with van der Waals surface area (Å²) in [6.45, 7) is 0. The van der Waals surface area contributed by atoms with Crippen molar-refractivity contribution in [1.82, 2.24) is 5.32 Å².